The number of carbonyl (C=O) groups excluding carboxylic acids is 3. The van der Waals surface area contributed by atoms with Crippen molar-refractivity contribution in [1.29, 1.82) is 0 Å². The molecule has 1 aliphatic heterocycles. The number of nitrogens with zero attached hydrogens (tertiary/aromatic N) is 3. The molecular weight excluding hydrogens is 354 g/mol. The molecule has 1 heterocycles. The zero-order valence-corrected chi connectivity index (χ0v) is 16.4. The Hall–Kier alpha value is -2.22. The summed E-state index contributed by atoms with van der Waals surface area (Å²) < 4.78 is 4.84. The third-order valence-corrected chi connectivity index (χ3v) is 4.90. The molecule has 0 radical (unpaired) electrons. The average Bonchev–Trinajstić information content (AvgIpc) is 2.66. The highest BCUT2D eigenvalue weighted by atomic mass is 32.2. The monoisotopic (exact) mass is 379 g/mol. The third kappa shape index (κ3) is 4.49. The quantitative estimate of drug-likeness (QED) is 0.710. The molecule has 2 rings (SSSR count). The van der Waals surface area contributed by atoms with Gasteiger partial charge in [-0.1, -0.05) is 0 Å². The van der Waals surface area contributed by atoms with Crippen LogP contribution in [0.25, 0.3) is 0 Å². The summed E-state index contributed by atoms with van der Waals surface area (Å²) in [5.41, 5.74) is 1.56. The largest absolute Gasteiger partial charge is 0.467 e. The minimum absolute atomic E-state index is 0.115. The number of methoxy groups -OCH3 is 1. The number of ether oxygens (including phenoxy) is 1. The van der Waals surface area contributed by atoms with Crippen LogP contribution in [0, 0.1) is 0 Å². The van der Waals surface area contributed by atoms with Crippen molar-refractivity contribution in [2.45, 2.75) is 6.04 Å². The molecule has 1 aromatic rings. The second-order valence-corrected chi connectivity index (χ2v) is 7.12. The van der Waals surface area contributed by atoms with E-state index in [1.807, 2.05) is 37.4 Å². The molecule has 1 aliphatic rings. The van der Waals surface area contributed by atoms with Crippen molar-refractivity contribution in [2.75, 3.05) is 57.7 Å². The Morgan fingerprint density at radius 1 is 1.19 bits per heavy atom. The summed E-state index contributed by atoms with van der Waals surface area (Å²) in [5.74, 6) is -0.468. The van der Waals surface area contributed by atoms with Gasteiger partial charge in [-0.05, 0) is 30.5 Å². The van der Waals surface area contributed by atoms with Gasteiger partial charge < -0.3 is 19.4 Å². The van der Waals surface area contributed by atoms with Crippen LogP contribution in [-0.4, -0.2) is 86.5 Å². The van der Waals surface area contributed by atoms with E-state index in [9.17, 15) is 14.4 Å². The normalized spacial score (nSPS) is 17.0. The smallest absolute Gasteiger partial charge is 0.330 e. The van der Waals surface area contributed by atoms with E-state index in [2.05, 4.69) is 0 Å². The summed E-state index contributed by atoms with van der Waals surface area (Å²) in [4.78, 5) is 42.3. The Labute approximate surface area is 158 Å². The summed E-state index contributed by atoms with van der Waals surface area (Å²) in [5, 5.41) is 0. The van der Waals surface area contributed by atoms with Crippen LogP contribution in [0.5, 0.6) is 0 Å². The second kappa shape index (κ2) is 8.93. The first-order valence-corrected chi connectivity index (χ1v) is 9.71. The fourth-order valence-electron chi connectivity index (χ4n) is 2.89. The van der Waals surface area contributed by atoms with E-state index < -0.39 is 12.0 Å². The van der Waals surface area contributed by atoms with Crippen molar-refractivity contribution >= 4 is 35.2 Å². The van der Waals surface area contributed by atoms with Gasteiger partial charge in [0.25, 0.3) is 5.91 Å². The van der Waals surface area contributed by atoms with Gasteiger partial charge in [-0.2, -0.15) is 11.8 Å². The molecule has 7 nitrogen and oxygen atoms in total. The molecule has 1 saturated heterocycles. The number of hydrogen-bond acceptors (Lipinski definition) is 6. The van der Waals surface area contributed by atoms with Gasteiger partial charge in [0.15, 0.2) is 0 Å². The van der Waals surface area contributed by atoms with Crippen LogP contribution < -0.4 is 4.90 Å². The highest BCUT2D eigenvalue weighted by Crippen LogP contribution is 2.18. The fraction of sp³-hybridized carbons (Fsp3) is 0.500. The van der Waals surface area contributed by atoms with E-state index in [1.54, 1.807) is 17.0 Å². The molecule has 0 aliphatic carbocycles. The lowest BCUT2D eigenvalue weighted by Crippen LogP contribution is -2.60. The molecule has 1 fully saturated rings. The van der Waals surface area contributed by atoms with Crippen LogP contribution in [0.15, 0.2) is 24.3 Å². The minimum atomic E-state index is -0.765. The van der Waals surface area contributed by atoms with E-state index in [0.717, 1.165) is 5.69 Å². The molecule has 142 valence electrons. The van der Waals surface area contributed by atoms with Gasteiger partial charge in [-0.3, -0.25) is 9.59 Å². The van der Waals surface area contributed by atoms with E-state index in [-0.39, 0.29) is 18.4 Å². The van der Waals surface area contributed by atoms with Crippen molar-refractivity contribution in [3.05, 3.63) is 29.8 Å². The molecule has 0 unspecified atom stereocenters. The van der Waals surface area contributed by atoms with Crippen LogP contribution in [-0.2, 0) is 14.3 Å². The molecule has 0 bridgehead atoms. The summed E-state index contributed by atoms with van der Waals surface area (Å²) in [7, 11) is 5.16. The zero-order chi connectivity index (χ0) is 19.3. The maximum absolute atomic E-state index is 12.8. The molecule has 0 aromatic heterocycles. The first kappa shape index (κ1) is 20.1. The van der Waals surface area contributed by atoms with Crippen molar-refractivity contribution < 1.29 is 19.1 Å². The molecule has 0 saturated carbocycles. The number of benzene rings is 1. The molecule has 0 N–H and O–H groups in total. The SMILES string of the molecule is COC(=O)[C@H]1CN(C(=O)c2ccc(N(C)C)cc2)CCN1C(=O)CSC. The predicted molar refractivity (Wildman–Crippen MR) is 103 cm³/mol. The van der Waals surface area contributed by atoms with Gasteiger partial charge in [0.1, 0.15) is 6.04 Å². The Balaban J connectivity index is 2.14. The molecule has 1 atom stereocenters. The van der Waals surface area contributed by atoms with Gasteiger partial charge in [0.2, 0.25) is 5.91 Å². The lowest BCUT2D eigenvalue weighted by atomic mass is 10.1. The van der Waals surface area contributed by atoms with Crippen molar-refractivity contribution in [2.24, 2.45) is 0 Å². The number of anilines is 1. The van der Waals surface area contributed by atoms with Gasteiger partial charge in [-0.15, -0.1) is 0 Å². The standard InChI is InChI=1S/C18H25N3O4S/c1-19(2)14-7-5-13(6-8-14)17(23)20-9-10-21(16(22)12-26-4)15(11-20)18(24)25-3/h5-8,15H,9-12H2,1-4H3/t15-/m1/s1. The topological polar surface area (TPSA) is 70.2 Å². The summed E-state index contributed by atoms with van der Waals surface area (Å²) >= 11 is 1.40. The van der Waals surface area contributed by atoms with Crippen LogP contribution in [0.4, 0.5) is 5.69 Å². The van der Waals surface area contributed by atoms with Gasteiger partial charge in [0.05, 0.1) is 19.4 Å². The maximum Gasteiger partial charge on any atom is 0.330 e. The second-order valence-electron chi connectivity index (χ2n) is 6.25. The summed E-state index contributed by atoms with van der Waals surface area (Å²) in [6.45, 7) is 0.851. The fourth-order valence-corrected chi connectivity index (χ4v) is 3.31. The van der Waals surface area contributed by atoms with Crippen LogP contribution >= 0.6 is 11.8 Å². The Bertz CT molecular complexity index is 663. The van der Waals surface area contributed by atoms with Gasteiger partial charge in [0, 0.05) is 38.4 Å². The molecule has 8 heteroatoms. The highest BCUT2D eigenvalue weighted by Gasteiger charge is 2.37. The first-order valence-electron chi connectivity index (χ1n) is 8.32. The molecule has 1 aromatic carbocycles. The lowest BCUT2D eigenvalue weighted by molar-refractivity contribution is -0.154. The Morgan fingerprint density at radius 3 is 2.38 bits per heavy atom. The average molecular weight is 379 g/mol. The molecule has 26 heavy (non-hydrogen) atoms. The number of rotatable bonds is 5. The summed E-state index contributed by atoms with van der Waals surface area (Å²) in [6, 6.07) is 6.54. The van der Waals surface area contributed by atoms with Crippen molar-refractivity contribution in [3.8, 4) is 0 Å². The van der Waals surface area contributed by atoms with Gasteiger partial charge >= 0.3 is 5.97 Å². The number of amides is 2. The van der Waals surface area contributed by atoms with Crippen LogP contribution in [0.1, 0.15) is 10.4 Å². The number of thioether (sulfide) groups is 1. The Morgan fingerprint density at radius 2 is 1.85 bits per heavy atom. The molecule has 0 spiro atoms. The Kier molecular flexibility index (Phi) is 6.90. The van der Waals surface area contributed by atoms with E-state index >= 15 is 0 Å². The predicted octanol–water partition coefficient (Wildman–Crippen LogP) is 0.942. The van der Waals surface area contributed by atoms with Crippen LogP contribution in [0.2, 0.25) is 0 Å². The molecule has 2 amide bonds. The van der Waals surface area contributed by atoms with E-state index in [0.29, 0.717) is 24.4 Å². The number of piperazine rings is 1. The van der Waals surface area contributed by atoms with Gasteiger partial charge in [-0.25, -0.2) is 4.79 Å². The minimum Gasteiger partial charge on any atom is -0.467 e. The van der Waals surface area contributed by atoms with Crippen LogP contribution in [0.3, 0.4) is 0 Å². The molecular formula is C18H25N3O4S. The zero-order valence-electron chi connectivity index (χ0n) is 15.6. The number of esters is 1. The maximum atomic E-state index is 12.8. The summed E-state index contributed by atoms with van der Waals surface area (Å²) in [6.07, 6.45) is 1.84. The van der Waals surface area contributed by atoms with Crippen molar-refractivity contribution in [1.82, 2.24) is 9.80 Å². The van der Waals surface area contributed by atoms with E-state index in [1.165, 1.54) is 23.8 Å². The number of hydrogen-bond donors (Lipinski definition) is 0. The highest BCUT2D eigenvalue weighted by molar-refractivity contribution is 7.99. The number of carbonyl (C=O) groups is 3. The first-order chi connectivity index (χ1) is 12.4. The lowest BCUT2D eigenvalue weighted by Gasteiger charge is -2.39. The third-order valence-electron chi connectivity index (χ3n) is 4.36. The van der Waals surface area contributed by atoms with Crippen molar-refractivity contribution in [3.63, 3.8) is 0 Å². The van der Waals surface area contributed by atoms with E-state index in [4.69, 9.17) is 4.74 Å².